The lowest BCUT2D eigenvalue weighted by atomic mass is 10.1. The van der Waals surface area contributed by atoms with Crippen molar-refractivity contribution in [2.75, 3.05) is 0 Å². The molecule has 0 aliphatic heterocycles. The Labute approximate surface area is 108 Å². The minimum absolute atomic E-state index is 0.300. The van der Waals surface area contributed by atoms with Crippen LogP contribution in [0.25, 0.3) is 11.1 Å². The molecule has 2 rings (SSSR count). The summed E-state index contributed by atoms with van der Waals surface area (Å²) >= 11 is 11.9. The summed E-state index contributed by atoms with van der Waals surface area (Å²) < 4.78 is 0. The predicted octanol–water partition coefficient (Wildman–Crippen LogP) is 2.84. The molecule has 0 unspecified atom stereocenters. The van der Waals surface area contributed by atoms with Crippen LogP contribution >= 0.6 is 23.2 Å². The van der Waals surface area contributed by atoms with Crippen molar-refractivity contribution in [2.24, 2.45) is 0 Å². The standard InChI is InChI=1S/C12H9Cl2NO2/c13-9-1-2-10(11(14)4-9)7-3-8(6-16)12(17)15-5-7/h1-5,16H,6H2,(H,15,17). The van der Waals surface area contributed by atoms with E-state index in [0.29, 0.717) is 15.6 Å². The maximum atomic E-state index is 11.3. The van der Waals surface area contributed by atoms with Crippen molar-refractivity contribution in [3.05, 3.63) is 56.4 Å². The fourth-order valence-corrected chi connectivity index (χ4v) is 2.05. The highest BCUT2D eigenvalue weighted by molar-refractivity contribution is 6.36. The zero-order chi connectivity index (χ0) is 12.4. The van der Waals surface area contributed by atoms with Gasteiger partial charge in [0, 0.05) is 27.4 Å². The molecule has 88 valence electrons. The number of halogens is 2. The molecular formula is C12H9Cl2NO2. The van der Waals surface area contributed by atoms with E-state index in [2.05, 4.69) is 4.98 Å². The van der Waals surface area contributed by atoms with E-state index in [1.807, 2.05) is 0 Å². The smallest absolute Gasteiger partial charge is 0.253 e. The summed E-state index contributed by atoms with van der Waals surface area (Å²) in [5, 5.41) is 10.1. The number of aliphatic hydroxyl groups is 1. The van der Waals surface area contributed by atoms with Crippen LogP contribution in [0.1, 0.15) is 5.56 Å². The number of benzene rings is 1. The fourth-order valence-electron chi connectivity index (χ4n) is 1.53. The molecule has 1 aromatic heterocycles. The zero-order valence-corrected chi connectivity index (χ0v) is 10.2. The Balaban J connectivity index is 2.57. The summed E-state index contributed by atoms with van der Waals surface area (Å²) in [5.74, 6) is 0. The van der Waals surface area contributed by atoms with E-state index in [4.69, 9.17) is 28.3 Å². The van der Waals surface area contributed by atoms with Crippen LogP contribution in [0.15, 0.2) is 35.3 Å². The van der Waals surface area contributed by atoms with Gasteiger partial charge in [0.05, 0.1) is 6.61 Å². The van der Waals surface area contributed by atoms with Gasteiger partial charge in [-0.25, -0.2) is 0 Å². The number of hydrogen-bond acceptors (Lipinski definition) is 2. The van der Waals surface area contributed by atoms with Gasteiger partial charge >= 0.3 is 0 Å². The second kappa shape index (κ2) is 4.92. The fraction of sp³-hybridized carbons (Fsp3) is 0.0833. The van der Waals surface area contributed by atoms with E-state index in [1.165, 1.54) is 0 Å². The number of hydrogen-bond donors (Lipinski definition) is 2. The molecule has 0 saturated heterocycles. The quantitative estimate of drug-likeness (QED) is 0.881. The third-order valence-electron chi connectivity index (χ3n) is 2.39. The predicted molar refractivity (Wildman–Crippen MR) is 68.4 cm³/mol. The van der Waals surface area contributed by atoms with Gasteiger partial charge in [0.1, 0.15) is 0 Å². The third-order valence-corrected chi connectivity index (χ3v) is 2.94. The van der Waals surface area contributed by atoms with Crippen molar-refractivity contribution < 1.29 is 5.11 Å². The number of rotatable bonds is 2. The molecule has 0 bridgehead atoms. The molecule has 5 heteroatoms. The molecule has 2 aromatic rings. The van der Waals surface area contributed by atoms with Crippen molar-refractivity contribution in [1.82, 2.24) is 4.98 Å². The van der Waals surface area contributed by atoms with Crippen LogP contribution in [0.3, 0.4) is 0 Å². The van der Waals surface area contributed by atoms with Gasteiger partial charge in [-0.3, -0.25) is 4.79 Å². The van der Waals surface area contributed by atoms with Crippen LogP contribution in [-0.4, -0.2) is 10.1 Å². The molecule has 0 spiro atoms. The second-order valence-corrected chi connectivity index (χ2v) is 4.37. The van der Waals surface area contributed by atoms with Crippen molar-refractivity contribution >= 4 is 23.2 Å². The summed E-state index contributed by atoms with van der Waals surface area (Å²) in [6.07, 6.45) is 1.55. The lowest BCUT2D eigenvalue weighted by Gasteiger charge is -2.06. The van der Waals surface area contributed by atoms with Crippen molar-refractivity contribution in [1.29, 1.82) is 0 Å². The van der Waals surface area contributed by atoms with E-state index in [-0.39, 0.29) is 12.2 Å². The molecule has 1 heterocycles. The molecule has 1 aromatic carbocycles. The number of aromatic nitrogens is 1. The zero-order valence-electron chi connectivity index (χ0n) is 8.71. The maximum absolute atomic E-state index is 11.3. The molecular weight excluding hydrogens is 261 g/mol. The molecule has 3 nitrogen and oxygen atoms in total. The van der Waals surface area contributed by atoms with Crippen LogP contribution < -0.4 is 5.56 Å². The third kappa shape index (κ3) is 2.52. The molecule has 0 aliphatic rings. The van der Waals surface area contributed by atoms with Crippen molar-refractivity contribution in [3.63, 3.8) is 0 Å². The minimum Gasteiger partial charge on any atom is -0.391 e. The van der Waals surface area contributed by atoms with E-state index < -0.39 is 0 Å². The molecule has 17 heavy (non-hydrogen) atoms. The van der Waals surface area contributed by atoms with E-state index in [0.717, 1.165) is 11.1 Å². The first-order valence-electron chi connectivity index (χ1n) is 4.89. The average Bonchev–Trinajstić information content (AvgIpc) is 2.30. The second-order valence-electron chi connectivity index (χ2n) is 3.52. The van der Waals surface area contributed by atoms with Gasteiger partial charge in [0.15, 0.2) is 0 Å². The lowest BCUT2D eigenvalue weighted by molar-refractivity contribution is 0.280. The highest BCUT2D eigenvalue weighted by Crippen LogP contribution is 2.29. The lowest BCUT2D eigenvalue weighted by Crippen LogP contribution is -2.11. The van der Waals surface area contributed by atoms with Crippen LogP contribution in [0.5, 0.6) is 0 Å². The first-order chi connectivity index (χ1) is 8.11. The highest BCUT2D eigenvalue weighted by atomic mass is 35.5. The number of aromatic amines is 1. The minimum atomic E-state index is -0.311. The Morgan fingerprint density at radius 2 is 2.00 bits per heavy atom. The largest absolute Gasteiger partial charge is 0.391 e. The first kappa shape index (κ1) is 12.2. The average molecular weight is 270 g/mol. The molecule has 0 radical (unpaired) electrons. The van der Waals surface area contributed by atoms with E-state index in [1.54, 1.807) is 30.5 Å². The van der Waals surface area contributed by atoms with Crippen LogP contribution in [0.4, 0.5) is 0 Å². The van der Waals surface area contributed by atoms with Crippen molar-refractivity contribution in [2.45, 2.75) is 6.61 Å². The van der Waals surface area contributed by atoms with Gasteiger partial charge < -0.3 is 10.1 Å². The molecule has 0 fully saturated rings. The van der Waals surface area contributed by atoms with E-state index in [9.17, 15) is 4.79 Å². The van der Waals surface area contributed by atoms with Gasteiger partial charge in [0.25, 0.3) is 5.56 Å². The number of aliphatic hydroxyl groups excluding tert-OH is 1. The summed E-state index contributed by atoms with van der Waals surface area (Å²) in [5.41, 5.74) is 1.48. The molecule has 0 amide bonds. The molecule has 0 aliphatic carbocycles. The Kier molecular flexibility index (Phi) is 3.52. The Bertz CT molecular complexity index is 608. The highest BCUT2D eigenvalue weighted by Gasteiger charge is 2.07. The normalized spacial score (nSPS) is 10.5. The first-order valence-corrected chi connectivity index (χ1v) is 5.65. The van der Waals surface area contributed by atoms with Gasteiger partial charge in [-0.05, 0) is 23.8 Å². The van der Waals surface area contributed by atoms with Crippen molar-refractivity contribution in [3.8, 4) is 11.1 Å². The number of H-pyrrole nitrogens is 1. The van der Waals surface area contributed by atoms with Gasteiger partial charge in [0.2, 0.25) is 0 Å². The summed E-state index contributed by atoms with van der Waals surface area (Å²) in [6.45, 7) is -0.311. The van der Waals surface area contributed by atoms with Gasteiger partial charge in [-0.1, -0.05) is 29.3 Å². The SMILES string of the molecule is O=c1[nH]cc(-c2ccc(Cl)cc2Cl)cc1CO. The topological polar surface area (TPSA) is 53.1 Å². The van der Waals surface area contributed by atoms with Crippen LogP contribution in [0, 0.1) is 0 Å². The Morgan fingerprint density at radius 1 is 1.24 bits per heavy atom. The van der Waals surface area contributed by atoms with Gasteiger partial charge in [-0.2, -0.15) is 0 Å². The van der Waals surface area contributed by atoms with Gasteiger partial charge in [-0.15, -0.1) is 0 Å². The van der Waals surface area contributed by atoms with E-state index >= 15 is 0 Å². The van der Waals surface area contributed by atoms with Crippen LogP contribution in [0.2, 0.25) is 10.0 Å². The van der Waals surface area contributed by atoms with Crippen LogP contribution in [-0.2, 0) is 6.61 Å². The monoisotopic (exact) mass is 269 g/mol. The molecule has 0 atom stereocenters. The Hall–Kier alpha value is -1.29. The number of pyridine rings is 1. The molecule has 2 N–H and O–H groups in total. The molecule has 0 saturated carbocycles. The maximum Gasteiger partial charge on any atom is 0.253 e. The summed E-state index contributed by atoms with van der Waals surface area (Å²) in [7, 11) is 0. The Morgan fingerprint density at radius 3 is 2.65 bits per heavy atom. The summed E-state index contributed by atoms with van der Waals surface area (Å²) in [4.78, 5) is 13.9. The summed E-state index contributed by atoms with van der Waals surface area (Å²) in [6, 6.07) is 6.71. The number of nitrogens with one attached hydrogen (secondary N) is 1.